The van der Waals surface area contributed by atoms with Crippen LogP contribution in [0.25, 0.3) is 17.0 Å². The van der Waals surface area contributed by atoms with Crippen LogP contribution >= 0.6 is 22.6 Å². The van der Waals surface area contributed by atoms with Gasteiger partial charge in [-0.3, -0.25) is 4.68 Å². The van der Waals surface area contributed by atoms with Crippen molar-refractivity contribution in [3.05, 3.63) is 28.1 Å². The number of fused-ring (bicyclic) bond motifs is 3. The van der Waals surface area contributed by atoms with Crippen molar-refractivity contribution in [3.63, 3.8) is 0 Å². The molecule has 5 heterocycles. The fourth-order valence-corrected chi connectivity index (χ4v) is 4.17. The van der Waals surface area contributed by atoms with Crippen molar-refractivity contribution >= 4 is 34.1 Å². The van der Waals surface area contributed by atoms with E-state index in [2.05, 4.69) is 43.8 Å². The Balaban J connectivity index is 1.67. The van der Waals surface area contributed by atoms with Crippen molar-refractivity contribution in [2.75, 3.05) is 18.0 Å². The van der Waals surface area contributed by atoms with E-state index in [0.717, 1.165) is 52.4 Å². The first-order chi connectivity index (χ1) is 11.7. The number of anilines is 1. The molecule has 2 saturated heterocycles. The van der Waals surface area contributed by atoms with Crippen LogP contribution in [0.15, 0.2) is 24.5 Å². The fourth-order valence-electron chi connectivity index (χ4n) is 3.69. The first kappa shape index (κ1) is 14.6. The van der Waals surface area contributed by atoms with Crippen molar-refractivity contribution in [1.29, 1.82) is 0 Å². The number of rotatable bonds is 2. The van der Waals surface area contributed by atoms with Gasteiger partial charge in [0.25, 0.3) is 0 Å². The molecule has 2 atom stereocenters. The van der Waals surface area contributed by atoms with Crippen molar-refractivity contribution in [2.45, 2.75) is 25.0 Å². The first-order valence-electron chi connectivity index (χ1n) is 8.12. The Morgan fingerprint density at radius 2 is 1.96 bits per heavy atom. The molecule has 8 heteroatoms. The zero-order chi connectivity index (χ0) is 16.3. The molecule has 0 saturated carbocycles. The van der Waals surface area contributed by atoms with Crippen LogP contribution in [-0.4, -0.2) is 49.7 Å². The Hall–Kier alpha value is -1.68. The topological polar surface area (TPSA) is 60.5 Å². The summed E-state index contributed by atoms with van der Waals surface area (Å²) in [5.74, 6) is 0.998. The molecular weight excluding hydrogens is 419 g/mol. The monoisotopic (exact) mass is 436 g/mol. The Labute approximate surface area is 152 Å². The van der Waals surface area contributed by atoms with E-state index in [1.807, 2.05) is 34.7 Å². The summed E-state index contributed by atoms with van der Waals surface area (Å²) in [4.78, 5) is 7.24. The predicted molar refractivity (Wildman–Crippen MR) is 98.0 cm³/mol. The van der Waals surface area contributed by atoms with E-state index < -0.39 is 0 Å². The van der Waals surface area contributed by atoms with Crippen LogP contribution in [0, 0.1) is 3.57 Å². The van der Waals surface area contributed by atoms with Gasteiger partial charge in [-0.25, -0.2) is 9.50 Å². The first-order valence-corrected chi connectivity index (χ1v) is 9.20. The molecule has 0 amide bonds. The van der Waals surface area contributed by atoms with E-state index in [1.54, 1.807) is 0 Å². The third kappa shape index (κ3) is 2.23. The molecule has 2 bridgehead atoms. The molecule has 24 heavy (non-hydrogen) atoms. The van der Waals surface area contributed by atoms with Gasteiger partial charge in [0.15, 0.2) is 5.65 Å². The van der Waals surface area contributed by atoms with Crippen LogP contribution in [0.5, 0.6) is 0 Å². The van der Waals surface area contributed by atoms with Crippen molar-refractivity contribution < 1.29 is 4.74 Å². The van der Waals surface area contributed by atoms with E-state index in [1.165, 1.54) is 0 Å². The summed E-state index contributed by atoms with van der Waals surface area (Å²) in [5, 5.41) is 8.81. The highest BCUT2D eigenvalue weighted by atomic mass is 127. The number of ether oxygens (including phenoxy) is 1. The summed E-state index contributed by atoms with van der Waals surface area (Å²) in [6.07, 6.45) is 6.65. The quantitative estimate of drug-likeness (QED) is 0.576. The van der Waals surface area contributed by atoms with Crippen molar-refractivity contribution in [3.8, 4) is 11.4 Å². The summed E-state index contributed by atoms with van der Waals surface area (Å²) < 4.78 is 10.8. The summed E-state index contributed by atoms with van der Waals surface area (Å²) in [6.45, 7) is 1.82. The van der Waals surface area contributed by atoms with E-state index in [0.29, 0.717) is 12.2 Å². The third-order valence-electron chi connectivity index (χ3n) is 4.87. The second kappa shape index (κ2) is 5.41. The number of hydrogen-bond acceptors (Lipinski definition) is 5. The van der Waals surface area contributed by atoms with Gasteiger partial charge in [-0.2, -0.15) is 10.2 Å². The smallest absolute Gasteiger partial charge is 0.171 e. The molecular formula is C16H17IN6O. The summed E-state index contributed by atoms with van der Waals surface area (Å²) in [5.41, 5.74) is 2.93. The van der Waals surface area contributed by atoms with Crippen LogP contribution in [0.1, 0.15) is 12.8 Å². The molecule has 2 fully saturated rings. The minimum absolute atomic E-state index is 0.339. The van der Waals surface area contributed by atoms with E-state index in [4.69, 9.17) is 9.72 Å². The largest absolute Gasteiger partial charge is 0.371 e. The minimum atomic E-state index is 0.339. The standard InChI is InChI=1S/C16H17IN6O/c1-21-13(4-5-18-21)14-6-15(20-16-12(17)7-19-23(14)16)22-8-10-2-3-11(9-22)24-10/h4-7,10-11H,2-3,8-9H2,1H3. The maximum absolute atomic E-state index is 5.96. The van der Waals surface area contributed by atoms with Gasteiger partial charge >= 0.3 is 0 Å². The lowest BCUT2D eigenvalue weighted by Gasteiger charge is -2.33. The van der Waals surface area contributed by atoms with Gasteiger partial charge in [0, 0.05) is 32.4 Å². The van der Waals surface area contributed by atoms with Crippen molar-refractivity contribution in [1.82, 2.24) is 24.4 Å². The maximum atomic E-state index is 5.96. The zero-order valence-corrected chi connectivity index (χ0v) is 15.4. The maximum Gasteiger partial charge on any atom is 0.171 e. The fraction of sp³-hybridized carbons (Fsp3) is 0.438. The van der Waals surface area contributed by atoms with Gasteiger partial charge in [0.2, 0.25) is 0 Å². The Bertz CT molecular complexity index is 907. The normalized spacial score (nSPS) is 23.3. The predicted octanol–water partition coefficient (Wildman–Crippen LogP) is 2.10. The Morgan fingerprint density at radius 1 is 1.17 bits per heavy atom. The molecule has 3 aromatic heterocycles. The molecule has 2 aliphatic rings. The Morgan fingerprint density at radius 3 is 2.67 bits per heavy atom. The molecule has 0 aliphatic carbocycles. The zero-order valence-electron chi connectivity index (χ0n) is 13.3. The molecule has 2 aliphatic heterocycles. The number of aromatic nitrogens is 5. The molecule has 2 unspecified atom stereocenters. The lowest BCUT2D eigenvalue weighted by Crippen LogP contribution is -2.43. The summed E-state index contributed by atoms with van der Waals surface area (Å²) >= 11 is 2.29. The molecule has 0 radical (unpaired) electrons. The lowest BCUT2D eigenvalue weighted by atomic mass is 10.2. The molecule has 124 valence electrons. The highest BCUT2D eigenvalue weighted by molar-refractivity contribution is 14.1. The molecule has 7 nitrogen and oxygen atoms in total. The third-order valence-corrected chi connectivity index (χ3v) is 5.63. The van der Waals surface area contributed by atoms with Crippen LogP contribution in [0.4, 0.5) is 5.82 Å². The molecule has 5 rings (SSSR count). The van der Waals surface area contributed by atoms with Gasteiger partial charge in [-0.05, 0) is 41.5 Å². The minimum Gasteiger partial charge on any atom is -0.371 e. The summed E-state index contributed by atoms with van der Waals surface area (Å²) in [6, 6.07) is 4.13. The second-order valence-electron chi connectivity index (χ2n) is 6.43. The number of morpholine rings is 1. The van der Waals surface area contributed by atoms with Gasteiger partial charge < -0.3 is 9.64 Å². The Kier molecular flexibility index (Phi) is 3.30. The van der Waals surface area contributed by atoms with Crippen molar-refractivity contribution in [2.24, 2.45) is 7.05 Å². The molecule has 0 N–H and O–H groups in total. The molecule has 3 aromatic rings. The van der Waals surface area contributed by atoms with Gasteiger partial charge in [-0.1, -0.05) is 0 Å². The van der Waals surface area contributed by atoms with E-state index in [9.17, 15) is 0 Å². The highest BCUT2D eigenvalue weighted by Crippen LogP contribution is 2.31. The van der Waals surface area contributed by atoms with Gasteiger partial charge in [0.1, 0.15) is 5.82 Å². The second-order valence-corrected chi connectivity index (χ2v) is 7.59. The lowest BCUT2D eigenvalue weighted by molar-refractivity contribution is 0.0302. The van der Waals surface area contributed by atoms with E-state index in [-0.39, 0.29) is 0 Å². The van der Waals surface area contributed by atoms with Gasteiger partial charge in [0.05, 0.1) is 33.4 Å². The average Bonchev–Trinajstić information content (AvgIpc) is 3.27. The molecule has 0 aromatic carbocycles. The SMILES string of the molecule is Cn1nccc1-c1cc(N2CC3CCC(C2)O3)nc2c(I)cnn12. The van der Waals surface area contributed by atoms with Crippen LogP contribution in [0.2, 0.25) is 0 Å². The van der Waals surface area contributed by atoms with Crippen LogP contribution in [-0.2, 0) is 11.8 Å². The average molecular weight is 436 g/mol. The van der Waals surface area contributed by atoms with E-state index >= 15 is 0 Å². The number of nitrogens with zero attached hydrogens (tertiary/aromatic N) is 6. The molecule has 0 spiro atoms. The highest BCUT2D eigenvalue weighted by Gasteiger charge is 2.34. The van der Waals surface area contributed by atoms with Gasteiger partial charge in [-0.15, -0.1) is 0 Å². The van der Waals surface area contributed by atoms with Crippen LogP contribution < -0.4 is 4.90 Å². The van der Waals surface area contributed by atoms with Crippen LogP contribution in [0.3, 0.4) is 0 Å². The summed E-state index contributed by atoms with van der Waals surface area (Å²) in [7, 11) is 1.95. The number of hydrogen-bond donors (Lipinski definition) is 0. The number of aryl methyl sites for hydroxylation is 1. The number of halogens is 1.